The van der Waals surface area contributed by atoms with E-state index in [-0.39, 0.29) is 11.3 Å². The van der Waals surface area contributed by atoms with Crippen LogP contribution in [-0.2, 0) is 5.41 Å². The van der Waals surface area contributed by atoms with E-state index in [0.717, 1.165) is 6.54 Å². The third kappa shape index (κ3) is 6.07. The zero-order valence-corrected chi connectivity index (χ0v) is 17.7. The molecular formula is C25H40N2O. The van der Waals surface area contributed by atoms with Crippen LogP contribution in [-0.4, -0.2) is 18.5 Å². The van der Waals surface area contributed by atoms with Crippen LogP contribution in [0, 0.1) is 0 Å². The van der Waals surface area contributed by atoms with Crippen LogP contribution < -0.4 is 11.1 Å². The average molecular weight is 385 g/mol. The molecule has 1 aromatic carbocycles. The van der Waals surface area contributed by atoms with Crippen molar-refractivity contribution in [1.29, 1.82) is 0 Å². The van der Waals surface area contributed by atoms with Gasteiger partial charge in [-0.2, -0.15) is 0 Å². The SMILES string of the molecule is NC(=O)c1cccc(C23CCCCCCCCCCCC(CCC2)NCC3)c1. The van der Waals surface area contributed by atoms with Crippen molar-refractivity contribution >= 4 is 5.91 Å². The zero-order valence-electron chi connectivity index (χ0n) is 17.7. The highest BCUT2D eigenvalue weighted by molar-refractivity contribution is 5.92. The molecular weight excluding hydrogens is 344 g/mol. The van der Waals surface area contributed by atoms with Crippen molar-refractivity contribution in [1.82, 2.24) is 5.32 Å². The Labute approximate surface area is 171 Å². The summed E-state index contributed by atoms with van der Waals surface area (Å²) in [6, 6.07) is 8.90. The summed E-state index contributed by atoms with van der Waals surface area (Å²) >= 11 is 0. The highest BCUT2D eigenvalue weighted by atomic mass is 16.1. The number of amides is 1. The van der Waals surface area contributed by atoms with Gasteiger partial charge in [-0.1, -0.05) is 76.3 Å². The van der Waals surface area contributed by atoms with Gasteiger partial charge in [-0.25, -0.2) is 0 Å². The Morgan fingerprint density at radius 1 is 0.857 bits per heavy atom. The molecule has 156 valence electrons. The van der Waals surface area contributed by atoms with Crippen molar-refractivity contribution in [3.8, 4) is 0 Å². The molecule has 0 radical (unpaired) electrons. The first-order valence-corrected chi connectivity index (χ1v) is 11.8. The van der Waals surface area contributed by atoms with E-state index in [1.54, 1.807) is 0 Å². The molecule has 2 unspecified atom stereocenters. The van der Waals surface area contributed by atoms with Crippen molar-refractivity contribution in [3.05, 3.63) is 35.4 Å². The van der Waals surface area contributed by atoms with Crippen LogP contribution in [0.15, 0.2) is 24.3 Å². The number of fused-ring (bicyclic) bond motifs is 14. The lowest BCUT2D eigenvalue weighted by Gasteiger charge is -2.38. The second-order valence-corrected chi connectivity index (χ2v) is 9.24. The fraction of sp³-hybridized carbons (Fsp3) is 0.720. The van der Waals surface area contributed by atoms with E-state index in [2.05, 4.69) is 17.4 Å². The molecule has 3 heteroatoms. The molecule has 28 heavy (non-hydrogen) atoms. The normalized spacial score (nSPS) is 28.5. The molecule has 2 aliphatic heterocycles. The minimum atomic E-state index is -0.310. The maximum absolute atomic E-state index is 11.8. The largest absolute Gasteiger partial charge is 0.366 e. The van der Waals surface area contributed by atoms with Crippen molar-refractivity contribution < 1.29 is 4.79 Å². The standard InChI is InChI=1S/C25H40N2O/c26-24(28)21-12-10-13-22(20-21)25-16-9-7-5-3-1-2-4-6-8-14-23(15-11-17-25)27-19-18-25/h10,12-13,20,23,27H,1-9,11,14-19H2,(H2,26,28). The van der Waals surface area contributed by atoms with Gasteiger partial charge >= 0.3 is 0 Å². The molecule has 1 amide bonds. The van der Waals surface area contributed by atoms with E-state index in [0.29, 0.717) is 11.6 Å². The van der Waals surface area contributed by atoms with Crippen molar-refractivity contribution in [2.75, 3.05) is 6.54 Å². The van der Waals surface area contributed by atoms with E-state index in [9.17, 15) is 4.79 Å². The van der Waals surface area contributed by atoms with Crippen LogP contribution in [0.25, 0.3) is 0 Å². The van der Waals surface area contributed by atoms with Crippen LogP contribution >= 0.6 is 0 Å². The van der Waals surface area contributed by atoms with Gasteiger partial charge in [0.25, 0.3) is 0 Å². The Kier molecular flexibility index (Phi) is 8.39. The highest BCUT2D eigenvalue weighted by Gasteiger charge is 2.33. The first kappa shape index (κ1) is 21.4. The third-order valence-corrected chi connectivity index (χ3v) is 7.21. The van der Waals surface area contributed by atoms with E-state index in [4.69, 9.17) is 5.73 Å². The van der Waals surface area contributed by atoms with Gasteiger partial charge in [0.15, 0.2) is 0 Å². The van der Waals surface area contributed by atoms with Gasteiger partial charge < -0.3 is 11.1 Å². The van der Waals surface area contributed by atoms with Crippen molar-refractivity contribution in [2.45, 2.75) is 108 Å². The molecule has 2 heterocycles. The summed E-state index contributed by atoms with van der Waals surface area (Å²) in [7, 11) is 0. The van der Waals surface area contributed by atoms with E-state index in [1.807, 2.05) is 12.1 Å². The average Bonchev–Trinajstić information content (AvgIpc) is 2.68. The molecule has 1 aromatic rings. The minimum absolute atomic E-state index is 0.195. The molecule has 1 saturated carbocycles. The van der Waals surface area contributed by atoms with Gasteiger partial charge in [0.05, 0.1) is 0 Å². The molecule has 3 aliphatic rings. The lowest BCUT2D eigenvalue weighted by molar-refractivity contribution is 0.1000. The Morgan fingerprint density at radius 3 is 2.25 bits per heavy atom. The Morgan fingerprint density at radius 2 is 1.50 bits per heavy atom. The minimum Gasteiger partial charge on any atom is -0.366 e. The summed E-state index contributed by atoms with van der Waals surface area (Å²) in [6.07, 6.45) is 20.0. The topological polar surface area (TPSA) is 55.1 Å². The monoisotopic (exact) mass is 384 g/mol. The number of carbonyl (C=O) groups is 1. The molecule has 3 fully saturated rings. The van der Waals surface area contributed by atoms with Gasteiger partial charge in [-0.3, -0.25) is 4.79 Å². The first-order valence-electron chi connectivity index (χ1n) is 11.8. The Bertz CT molecular complexity index is 597. The number of carbonyl (C=O) groups excluding carboxylic acids is 1. The number of benzene rings is 1. The van der Waals surface area contributed by atoms with Crippen LogP contribution in [0.3, 0.4) is 0 Å². The van der Waals surface area contributed by atoms with E-state index >= 15 is 0 Å². The van der Waals surface area contributed by atoms with Crippen LogP contribution in [0.5, 0.6) is 0 Å². The lowest BCUT2D eigenvalue weighted by Crippen LogP contribution is -2.39. The predicted octanol–water partition coefficient (Wildman–Crippen LogP) is 5.86. The number of primary amides is 1. The van der Waals surface area contributed by atoms with Crippen LogP contribution in [0.4, 0.5) is 0 Å². The molecule has 0 aromatic heterocycles. The molecule has 3 nitrogen and oxygen atoms in total. The number of hydrogen-bond donors (Lipinski definition) is 2. The second kappa shape index (κ2) is 11.0. The van der Waals surface area contributed by atoms with Gasteiger partial charge in [0.1, 0.15) is 0 Å². The Balaban J connectivity index is 1.77. The van der Waals surface area contributed by atoms with Crippen LogP contribution in [0.1, 0.15) is 112 Å². The fourth-order valence-electron chi connectivity index (χ4n) is 5.45. The van der Waals surface area contributed by atoms with Crippen molar-refractivity contribution in [3.63, 3.8) is 0 Å². The number of nitrogens with two attached hydrogens (primary N) is 1. The van der Waals surface area contributed by atoms with Gasteiger partial charge in [-0.05, 0) is 61.8 Å². The zero-order chi connectivity index (χ0) is 19.7. The number of hydrogen-bond acceptors (Lipinski definition) is 2. The molecule has 2 saturated heterocycles. The quantitative estimate of drug-likeness (QED) is 0.671. The summed E-state index contributed by atoms with van der Waals surface area (Å²) in [4.78, 5) is 11.8. The fourth-order valence-corrected chi connectivity index (χ4v) is 5.45. The van der Waals surface area contributed by atoms with Gasteiger partial charge in [-0.15, -0.1) is 0 Å². The molecule has 2 atom stereocenters. The summed E-state index contributed by atoms with van der Waals surface area (Å²) in [5.74, 6) is -0.310. The molecule has 1 aliphatic carbocycles. The van der Waals surface area contributed by atoms with Gasteiger partial charge in [0.2, 0.25) is 5.91 Å². The maximum atomic E-state index is 11.8. The number of nitrogens with one attached hydrogen (secondary N) is 1. The van der Waals surface area contributed by atoms with Gasteiger partial charge in [0, 0.05) is 11.6 Å². The van der Waals surface area contributed by atoms with E-state index in [1.165, 1.54) is 102 Å². The van der Waals surface area contributed by atoms with E-state index < -0.39 is 0 Å². The second-order valence-electron chi connectivity index (χ2n) is 9.24. The molecule has 3 N–H and O–H groups in total. The summed E-state index contributed by atoms with van der Waals surface area (Å²) in [5.41, 5.74) is 7.78. The van der Waals surface area contributed by atoms with Crippen LogP contribution in [0.2, 0.25) is 0 Å². The number of rotatable bonds is 2. The lowest BCUT2D eigenvalue weighted by atomic mass is 9.69. The highest BCUT2D eigenvalue weighted by Crippen LogP contribution is 2.40. The smallest absolute Gasteiger partial charge is 0.248 e. The molecule has 2 bridgehead atoms. The maximum Gasteiger partial charge on any atom is 0.248 e. The third-order valence-electron chi connectivity index (χ3n) is 7.21. The molecule has 0 spiro atoms. The summed E-state index contributed by atoms with van der Waals surface area (Å²) in [6.45, 7) is 1.09. The Hall–Kier alpha value is -1.35. The summed E-state index contributed by atoms with van der Waals surface area (Å²) < 4.78 is 0. The summed E-state index contributed by atoms with van der Waals surface area (Å²) in [5, 5.41) is 3.87. The predicted molar refractivity (Wildman–Crippen MR) is 118 cm³/mol. The first-order chi connectivity index (χ1) is 13.7. The van der Waals surface area contributed by atoms with Crippen molar-refractivity contribution in [2.24, 2.45) is 5.73 Å². The molecule has 4 rings (SSSR count).